The van der Waals surface area contributed by atoms with Crippen molar-refractivity contribution in [3.63, 3.8) is 0 Å². The highest BCUT2D eigenvalue weighted by atomic mass is 16.5. The van der Waals surface area contributed by atoms with Crippen molar-refractivity contribution in [2.75, 3.05) is 39.5 Å². The second-order valence-corrected chi connectivity index (χ2v) is 7.80. The van der Waals surface area contributed by atoms with Crippen molar-refractivity contribution in [1.29, 1.82) is 0 Å². The third-order valence-electron chi connectivity index (χ3n) is 6.19. The number of likely N-dealkylation sites (tertiary alicyclic amines) is 1. The number of piperidine rings is 1. The number of nitrogens with zero attached hydrogens (tertiary/aromatic N) is 3. The van der Waals surface area contributed by atoms with E-state index in [9.17, 15) is 0 Å². The summed E-state index contributed by atoms with van der Waals surface area (Å²) in [5, 5.41) is 4.21. The summed E-state index contributed by atoms with van der Waals surface area (Å²) in [4.78, 5) is 7.34. The SMILES string of the molecule is C1CC(c2nc(CCC3CCN(C4CCOCC4)CC3)no2)CCO1. The quantitative estimate of drug-likeness (QED) is 0.815. The first-order chi connectivity index (χ1) is 12.4. The zero-order valence-electron chi connectivity index (χ0n) is 15.2. The van der Waals surface area contributed by atoms with Gasteiger partial charge in [0.15, 0.2) is 5.82 Å². The van der Waals surface area contributed by atoms with Crippen molar-refractivity contribution in [2.24, 2.45) is 5.92 Å². The first-order valence-electron chi connectivity index (χ1n) is 10.1. The first kappa shape index (κ1) is 17.4. The molecule has 0 saturated carbocycles. The van der Waals surface area contributed by atoms with Gasteiger partial charge in [0, 0.05) is 44.8 Å². The van der Waals surface area contributed by atoms with Crippen LogP contribution in [0.4, 0.5) is 0 Å². The smallest absolute Gasteiger partial charge is 0.229 e. The molecule has 0 aliphatic carbocycles. The number of ether oxygens (including phenoxy) is 2. The number of aryl methyl sites for hydroxylation is 1. The van der Waals surface area contributed by atoms with Crippen LogP contribution in [0, 0.1) is 5.92 Å². The minimum atomic E-state index is 0.401. The fraction of sp³-hybridized carbons (Fsp3) is 0.895. The molecule has 3 fully saturated rings. The van der Waals surface area contributed by atoms with Crippen molar-refractivity contribution in [1.82, 2.24) is 15.0 Å². The Morgan fingerprint density at radius 1 is 0.880 bits per heavy atom. The first-order valence-corrected chi connectivity index (χ1v) is 10.1. The Bertz CT molecular complexity index is 516. The summed E-state index contributed by atoms with van der Waals surface area (Å²) in [6, 6.07) is 0.758. The number of hydrogen-bond acceptors (Lipinski definition) is 6. The lowest BCUT2D eigenvalue weighted by Gasteiger charge is -2.39. The monoisotopic (exact) mass is 349 g/mol. The van der Waals surface area contributed by atoms with Gasteiger partial charge in [0.25, 0.3) is 0 Å². The molecule has 3 saturated heterocycles. The van der Waals surface area contributed by atoms with Crippen molar-refractivity contribution in [3.8, 4) is 0 Å². The average Bonchev–Trinajstić information content (AvgIpc) is 3.17. The second kappa shape index (κ2) is 8.60. The van der Waals surface area contributed by atoms with E-state index in [0.717, 1.165) is 69.4 Å². The van der Waals surface area contributed by atoms with Crippen molar-refractivity contribution in [3.05, 3.63) is 11.7 Å². The third-order valence-corrected chi connectivity index (χ3v) is 6.19. The Labute approximate surface area is 150 Å². The van der Waals surface area contributed by atoms with Crippen LogP contribution in [0.3, 0.4) is 0 Å². The predicted octanol–water partition coefficient (Wildman–Crippen LogP) is 2.79. The molecule has 0 amide bonds. The molecule has 3 aliphatic rings. The van der Waals surface area contributed by atoms with Crippen LogP contribution >= 0.6 is 0 Å². The summed E-state index contributed by atoms with van der Waals surface area (Å²) < 4.78 is 16.4. The molecular formula is C19H31N3O3. The van der Waals surface area contributed by atoms with Crippen LogP contribution in [-0.4, -0.2) is 60.6 Å². The molecule has 3 aliphatic heterocycles. The largest absolute Gasteiger partial charge is 0.381 e. The zero-order chi connectivity index (χ0) is 16.9. The van der Waals surface area contributed by atoms with Gasteiger partial charge in [0.1, 0.15) is 0 Å². The van der Waals surface area contributed by atoms with E-state index < -0.39 is 0 Å². The van der Waals surface area contributed by atoms with Gasteiger partial charge < -0.3 is 18.9 Å². The molecule has 25 heavy (non-hydrogen) atoms. The van der Waals surface area contributed by atoms with Crippen molar-refractivity contribution >= 4 is 0 Å². The molecule has 0 spiro atoms. The van der Waals surface area contributed by atoms with E-state index in [1.807, 2.05) is 0 Å². The fourth-order valence-corrected chi connectivity index (χ4v) is 4.47. The topological polar surface area (TPSA) is 60.6 Å². The Hall–Kier alpha value is -0.980. The molecule has 0 radical (unpaired) electrons. The number of hydrogen-bond donors (Lipinski definition) is 0. The molecule has 0 N–H and O–H groups in total. The van der Waals surface area contributed by atoms with Gasteiger partial charge in [-0.3, -0.25) is 0 Å². The molecule has 0 atom stereocenters. The molecule has 0 unspecified atom stereocenters. The van der Waals surface area contributed by atoms with Crippen molar-refractivity contribution < 1.29 is 14.0 Å². The Morgan fingerprint density at radius 2 is 1.56 bits per heavy atom. The van der Waals surface area contributed by atoms with Gasteiger partial charge in [0.2, 0.25) is 5.89 Å². The van der Waals surface area contributed by atoms with E-state index in [-0.39, 0.29) is 0 Å². The summed E-state index contributed by atoms with van der Waals surface area (Å²) in [5.74, 6) is 2.93. The molecular weight excluding hydrogens is 318 g/mol. The maximum Gasteiger partial charge on any atom is 0.229 e. The van der Waals surface area contributed by atoms with E-state index in [1.54, 1.807) is 0 Å². The van der Waals surface area contributed by atoms with E-state index in [2.05, 4.69) is 15.0 Å². The molecule has 0 bridgehead atoms. The van der Waals surface area contributed by atoms with Gasteiger partial charge in [0.05, 0.1) is 0 Å². The molecule has 1 aromatic heterocycles. The minimum absolute atomic E-state index is 0.401. The lowest BCUT2D eigenvalue weighted by atomic mass is 9.90. The lowest BCUT2D eigenvalue weighted by molar-refractivity contribution is 0.0205. The van der Waals surface area contributed by atoms with E-state index in [0.29, 0.717) is 5.92 Å². The molecule has 0 aromatic carbocycles. The van der Waals surface area contributed by atoms with Gasteiger partial charge >= 0.3 is 0 Å². The average molecular weight is 349 g/mol. The van der Waals surface area contributed by atoms with Gasteiger partial charge in [-0.2, -0.15) is 4.98 Å². The maximum atomic E-state index is 5.50. The van der Waals surface area contributed by atoms with Crippen LogP contribution in [0.5, 0.6) is 0 Å². The standard InChI is InChI=1S/C19H31N3O3/c1(2-18-20-19(25-21-18)16-5-11-23-12-6-16)15-3-9-22(10-4-15)17-7-13-24-14-8-17/h15-17H,1-14H2. The summed E-state index contributed by atoms with van der Waals surface area (Å²) in [6.45, 7) is 6.00. The lowest BCUT2D eigenvalue weighted by Crippen LogP contribution is -2.44. The predicted molar refractivity (Wildman–Crippen MR) is 93.6 cm³/mol. The molecule has 6 nitrogen and oxygen atoms in total. The Kier molecular flexibility index (Phi) is 6.00. The van der Waals surface area contributed by atoms with Gasteiger partial charge in [-0.05, 0) is 64.0 Å². The number of rotatable bonds is 5. The van der Waals surface area contributed by atoms with E-state index in [1.165, 1.54) is 45.2 Å². The van der Waals surface area contributed by atoms with Crippen LogP contribution in [0.15, 0.2) is 4.52 Å². The molecule has 6 heteroatoms. The van der Waals surface area contributed by atoms with Gasteiger partial charge in [-0.15, -0.1) is 0 Å². The van der Waals surface area contributed by atoms with Gasteiger partial charge in [-0.1, -0.05) is 5.16 Å². The van der Waals surface area contributed by atoms with Gasteiger partial charge in [-0.25, -0.2) is 0 Å². The highest BCUT2D eigenvalue weighted by molar-refractivity contribution is 4.95. The molecule has 140 valence electrons. The van der Waals surface area contributed by atoms with E-state index in [4.69, 9.17) is 14.0 Å². The molecule has 4 heterocycles. The minimum Gasteiger partial charge on any atom is -0.381 e. The van der Waals surface area contributed by atoms with Crippen LogP contribution in [0.25, 0.3) is 0 Å². The van der Waals surface area contributed by atoms with E-state index >= 15 is 0 Å². The second-order valence-electron chi connectivity index (χ2n) is 7.80. The summed E-state index contributed by atoms with van der Waals surface area (Å²) in [5.41, 5.74) is 0. The third kappa shape index (κ3) is 4.60. The normalized spacial score (nSPS) is 25.4. The Morgan fingerprint density at radius 3 is 2.28 bits per heavy atom. The van der Waals surface area contributed by atoms with Crippen molar-refractivity contribution in [2.45, 2.75) is 63.3 Å². The molecule has 4 rings (SSSR count). The number of aromatic nitrogens is 2. The van der Waals surface area contributed by atoms with Crippen LogP contribution in [-0.2, 0) is 15.9 Å². The molecule has 1 aromatic rings. The fourth-order valence-electron chi connectivity index (χ4n) is 4.47. The highest BCUT2D eigenvalue weighted by Crippen LogP contribution is 2.28. The summed E-state index contributed by atoms with van der Waals surface area (Å²) >= 11 is 0. The summed E-state index contributed by atoms with van der Waals surface area (Å²) in [6.07, 6.45) is 9.19. The highest BCUT2D eigenvalue weighted by Gasteiger charge is 2.27. The maximum absolute atomic E-state index is 5.50. The van der Waals surface area contributed by atoms with Crippen LogP contribution in [0.2, 0.25) is 0 Å². The van der Waals surface area contributed by atoms with Crippen LogP contribution in [0.1, 0.15) is 62.6 Å². The summed E-state index contributed by atoms with van der Waals surface area (Å²) in [7, 11) is 0. The zero-order valence-corrected chi connectivity index (χ0v) is 15.2. The Balaban J connectivity index is 1.20. The van der Waals surface area contributed by atoms with Crippen LogP contribution < -0.4 is 0 Å².